The summed E-state index contributed by atoms with van der Waals surface area (Å²) in [5.41, 5.74) is 0. The maximum atomic E-state index is 11.0. The van der Waals surface area contributed by atoms with Crippen LogP contribution < -0.4 is 0 Å². The van der Waals surface area contributed by atoms with Crippen molar-refractivity contribution >= 4 is 5.97 Å². The number of aliphatic hydroxyl groups is 2. The van der Waals surface area contributed by atoms with Gasteiger partial charge in [0.25, 0.3) is 0 Å². The molecular formula is C18H34O4. The average Bonchev–Trinajstić information content (AvgIpc) is 2.47. The zero-order valence-corrected chi connectivity index (χ0v) is 14.3. The Bertz CT molecular complexity index is 287. The summed E-state index contributed by atoms with van der Waals surface area (Å²) in [7, 11) is 1.34. The summed E-state index contributed by atoms with van der Waals surface area (Å²) >= 11 is 0. The van der Waals surface area contributed by atoms with Gasteiger partial charge in [-0.2, -0.15) is 0 Å². The Morgan fingerprint density at radius 1 is 0.955 bits per heavy atom. The van der Waals surface area contributed by atoms with Crippen LogP contribution in [0.25, 0.3) is 0 Å². The van der Waals surface area contributed by atoms with Crippen LogP contribution in [0.3, 0.4) is 0 Å². The average molecular weight is 314 g/mol. The van der Waals surface area contributed by atoms with Crippen LogP contribution in [0.4, 0.5) is 0 Å². The Kier molecular flexibility index (Phi) is 14.4. The lowest BCUT2D eigenvalue weighted by atomic mass is 10.1. The van der Waals surface area contributed by atoms with E-state index in [1.807, 2.05) is 6.92 Å². The van der Waals surface area contributed by atoms with Gasteiger partial charge in [-0.25, -0.2) is 0 Å². The van der Waals surface area contributed by atoms with Crippen LogP contribution in [0, 0.1) is 0 Å². The van der Waals surface area contributed by atoms with Gasteiger partial charge in [0.1, 0.15) is 0 Å². The van der Waals surface area contributed by atoms with Gasteiger partial charge in [0, 0.05) is 0 Å². The molecule has 4 heteroatoms. The molecule has 0 radical (unpaired) electrons. The molecule has 130 valence electrons. The molecule has 0 amide bonds. The van der Waals surface area contributed by atoms with Crippen molar-refractivity contribution in [2.75, 3.05) is 7.11 Å². The predicted octanol–water partition coefficient (Wildman–Crippen LogP) is 3.75. The van der Waals surface area contributed by atoms with E-state index in [0.29, 0.717) is 6.42 Å². The van der Waals surface area contributed by atoms with E-state index in [9.17, 15) is 9.90 Å². The standard InChI is InChI=1S/C18H34O4/c1-16(19)13-11-9-7-5-3-4-6-8-10-12-14-17(20)15-18(21)22-2/h3-4,16-17,19-20H,5-15H2,1-2H3/b4-3-. The molecule has 0 aliphatic heterocycles. The van der Waals surface area contributed by atoms with Gasteiger partial charge in [-0.1, -0.05) is 37.8 Å². The van der Waals surface area contributed by atoms with Crippen molar-refractivity contribution in [1.82, 2.24) is 0 Å². The second-order valence-corrected chi connectivity index (χ2v) is 6.03. The molecule has 0 saturated heterocycles. The maximum Gasteiger partial charge on any atom is 0.308 e. The Hall–Kier alpha value is -0.870. The smallest absolute Gasteiger partial charge is 0.308 e. The van der Waals surface area contributed by atoms with Gasteiger partial charge in [-0.05, 0) is 45.4 Å². The number of rotatable bonds is 14. The van der Waals surface area contributed by atoms with E-state index in [1.54, 1.807) is 0 Å². The fraction of sp³-hybridized carbons (Fsp3) is 0.833. The fourth-order valence-corrected chi connectivity index (χ4v) is 2.31. The SMILES string of the molecule is COC(=O)CC(O)CCCCC/C=C\CCCCCC(C)O. The van der Waals surface area contributed by atoms with Crippen LogP contribution in [0.15, 0.2) is 12.2 Å². The monoisotopic (exact) mass is 314 g/mol. The molecule has 0 rings (SSSR count). The van der Waals surface area contributed by atoms with Crippen LogP contribution in [-0.4, -0.2) is 35.5 Å². The van der Waals surface area contributed by atoms with E-state index >= 15 is 0 Å². The number of carbonyl (C=O) groups excluding carboxylic acids is 1. The van der Waals surface area contributed by atoms with Crippen molar-refractivity contribution in [1.29, 1.82) is 0 Å². The summed E-state index contributed by atoms with van der Waals surface area (Å²) in [5, 5.41) is 18.7. The van der Waals surface area contributed by atoms with Crippen LogP contribution in [0.1, 0.15) is 77.6 Å². The lowest BCUT2D eigenvalue weighted by Crippen LogP contribution is -2.14. The van der Waals surface area contributed by atoms with Crippen molar-refractivity contribution < 1.29 is 19.7 Å². The van der Waals surface area contributed by atoms with Gasteiger partial charge in [-0.15, -0.1) is 0 Å². The van der Waals surface area contributed by atoms with Crippen molar-refractivity contribution in [3.8, 4) is 0 Å². The zero-order valence-electron chi connectivity index (χ0n) is 14.3. The second kappa shape index (κ2) is 15.0. The molecule has 0 aliphatic carbocycles. The third-order valence-corrected chi connectivity index (χ3v) is 3.70. The van der Waals surface area contributed by atoms with E-state index in [0.717, 1.165) is 44.9 Å². The molecular weight excluding hydrogens is 280 g/mol. The van der Waals surface area contributed by atoms with Gasteiger partial charge in [0.05, 0.1) is 25.7 Å². The van der Waals surface area contributed by atoms with E-state index in [-0.39, 0.29) is 18.5 Å². The van der Waals surface area contributed by atoms with Crippen molar-refractivity contribution in [2.45, 2.75) is 89.8 Å². The highest BCUT2D eigenvalue weighted by atomic mass is 16.5. The van der Waals surface area contributed by atoms with E-state index < -0.39 is 6.10 Å². The van der Waals surface area contributed by atoms with Crippen molar-refractivity contribution in [3.05, 3.63) is 12.2 Å². The molecule has 0 spiro atoms. The number of allylic oxidation sites excluding steroid dienone is 2. The number of methoxy groups -OCH3 is 1. The molecule has 0 saturated carbocycles. The van der Waals surface area contributed by atoms with Gasteiger partial charge in [0.15, 0.2) is 0 Å². The molecule has 2 atom stereocenters. The molecule has 0 bridgehead atoms. The minimum Gasteiger partial charge on any atom is -0.469 e. The molecule has 0 fully saturated rings. The normalized spacial score (nSPS) is 14.2. The number of unbranched alkanes of at least 4 members (excludes halogenated alkanes) is 6. The molecule has 2 N–H and O–H groups in total. The van der Waals surface area contributed by atoms with Crippen LogP contribution in [0.5, 0.6) is 0 Å². The zero-order chi connectivity index (χ0) is 16.6. The highest BCUT2D eigenvalue weighted by Crippen LogP contribution is 2.10. The summed E-state index contributed by atoms with van der Waals surface area (Å²) in [4.78, 5) is 11.0. The molecule has 0 aliphatic rings. The van der Waals surface area contributed by atoms with Crippen molar-refractivity contribution in [3.63, 3.8) is 0 Å². The molecule has 0 aromatic rings. The Balaban J connectivity index is 3.28. The van der Waals surface area contributed by atoms with Crippen LogP contribution in [0.2, 0.25) is 0 Å². The lowest BCUT2D eigenvalue weighted by Gasteiger charge is -2.08. The van der Waals surface area contributed by atoms with Crippen LogP contribution >= 0.6 is 0 Å². The summed E-state index contributed by atoms with van der Waals surface area (Å²) in [6.45, 7) is 1.84. The summed E-state index contributed by atoms with van der Waals surface area (Å²) in [6, 6.07) is 0. The van der Waals surface area contributed by atoms with Gasteiger partial charge in [-0.3, -0.25) is 4.79 Å². The van der Waals surface area contributed by atoms with Crippen molar-refractivity contribution in [2.24, 2.45) is 0 Å². The van der Waals surface area contributed by atoms with Gasteiger partial charge in [0.2, 0.25) is 0 Å². The largest absolute Gasteiger partial charge is 0.469 e. The summed E-state index contributed by atoms with van der Waals surface area (Å²) < 4.78 is 4.52. The van der Waals surface area contributed by atoms with E-state index in [4.69, 9.17) is 5.11 Å². The molecule has 4 nitrogen and oxygen atoms in total. The van der Waals surface area contributed by atoms with Crippen LogP contribution in [-0.2, 0) is 9.53 Å². The molecule has 0 aromatic heterocycles. The highest BCUT2D eigenvalue weighted by molar-refractivity contribution is 5.69. The molecule has 2 unspecified atom stereocenters. The fourth-order valence-electron chi connectivity index (χ4n) is 2.31. The summed E-state index contributed by atoms with van der Waals surface area (Å²) in [5.74, 6) is -0.344. The first kappa shape index (κ1) is 21.1. The predicted molar refractivity (Wildman–Crippen MR) is 89.6 cm³/mol. The van der Waals surface area contributed by atoms with E-state index in [2.05, 4.69) is 16.9 Å². The lowest BCUT2D eigenvalue weighted by molar-refractivity contribution is -0.142. The number of ether oxygens (including phenoxy) is 1. The van der Waals surface area contributed by atoms with E-state index in [1.165, 1.54) is 20.0 Å². The first-order chi connectivity index (χ1) is 10.6. The Morgan fingerprint density at radius 3 is 2.00 bits per heavy atom. The first-order valence-electron chi connectivity index (χ1n) is 8.64. The molecule has 0 heterocycles. The first-order valence-corrected chi connectivity index (χ1v) is 8.64. The van der Waals surface area contributed by atoms with Gasteiger partial charge >= 0.3 is 5.97 Å². The summed E-state index contributed by atoms with van der Waals surface area (Å²) in [6.07, 6.45) is 14.3. The van der Waals surface area contributed by atoms with Gasteiger partial charge < -0.3 is 14.9 Å². The number of aliphatic hydroxyl groups excluding tert-OH is 2. The number of esters is 1. The third-order valence-electron chi connectivity index (χ3n) is 3.70. The Morgan fingerprint density at radius 2 is 1.50 bits per heavy atom. The molecule has 22 heavy (non-hydrogen) atoms. The Labute approximate surface area is 135 Å². The number of hydrogen-bond acceptors (Lipinski definition) is 4. The highest BCUT2D eigenvalue weighted by Gasteiger charge is 2.09. The number of hydrogen-bond donors (Lipinski definition) is 2. The number of carbonyl (C=O) groups is 1. The second-order valence-electron chi connectivity index (χ2n) is 6.03. The minimum absolute atomic E-state index is 0.103. The molecule has 0 aromatic carbocycles. The quantitative estimate of drug-likeness (QED) is 0.291. The third kappa shape index (κ3) is 15.5. The minimum atomic E-state index is -0.565. The topological polar surface area (TPSA) is 66.8 Å². The maximum absolute atomic E-state index is 11.0.